The Labute approximate surface area is 123 Å². The Morgan fingerprint density at radius 1 is 1.43 bits per heavy atom. The summed E-state index contributed by atoms with van der Waals surface area (Å²) in [7, 11) is 1.92. The maximum Gasteiger partial charge on any atom is 0.234 e. The Kier molecular flexibility index (Phi) is 3.06. The zero-order valence-corrected chi connectivity index (χ0v) is 12.4. The zero-order valence-electron chi connectivity index (χ0n) is 12.4. The molecular formula is C15H21N5O. The van der Waals surface area contributed by atoms with Crippen LogP contribution in [-0.2, 0) is 18.9 Å². The Morgan fingerprint density at radius 3 is 3.24 bits per heavy atom. The van der Waals surface area contributed by atoms with Gasteiger partial charge in [0.2, 0.25) is 5.89 Å². The lowest BCUT2D eigenvalue weighted by Gasteiger charge is -2.35. The molecule has 0 bridgehead atoms. The highest BCUT2D eigenvalue weighted by atomic mass is 16.5. The minimum Gasteiger partial charge on any atom is -0.339 e. The van der Waals surface area contributed by atoms with Crippen LogP contribution in [0.15, 0.2) is 16.9 Å². The van der Waals surface area contributed by atoms with E-state index in [2.05, 4.69) is 15.6 Å². The molecule has 0 unspecified atom stereocenters. The summed E-state index contributed by atoms with van der Waals surface area (Å²) >= 11 is 0. The predicted molar refractivity (Wildman–Crippen MR) is 76.9 cm³/mol. The number of fused-ring (bicyclic) bond motifs is 1. The molecule has 2 aromatic heterocycles. The second-order valence-electron chi connectivity index (χ2n) is 6.37. The third-order valence-corrected chi connectivity index (χ3v) is 5.01. The Hall–Kier alpha value is -1.69. The highest BCUT2D eigenvalue weighted by Crippen LogP contribution is 2.44. The van der Waals surface area contributed by atoms with E-state index in [1.165, 1.54) is 25.7 Å². The average Bonchev–Trinajstić information content (AvgIpc) is 3.19. The van der Waals surface area contributed by atoms with Gasteiger partial charge < -0.3 is 9.84 Å². The molecule has 0 amide bonds. The summed E-state index contributed by atoms with van der Waals surface area (Å²) in [6.45, 7) is 1.06. The van der Waals surface area contributed by atoms with E-state index in [0.717, 1.165) is 30.2 Å². The molecule has 0 radical (unpaired) electrons. The van der Waals surface area contributed by atoms with Gasteiger partial charge in [-0.15, -0.1) is 0 Å². The van der Waals surface area contributed by atoms with Gasteiger partial charge in [0.1, 0.15) is 0 Å². The monoisotopic (exact) mass is 287 g/mol. The van der Waals surface area contributed by atoms with E-state index in [1.54, 1.807) is 4.68 Å². The number of hydrogen-bond acceptors (Lipinski definition) is 5. The number of aromatic nitrogens is 4. The second-order valence-corrected chi connectivity index (χ2v) is 6.37. The second kappa shape index (κ2) is 4.94. The molecule has 1 saturated heterocycles. The lowest BCUT2D eigenvalue weighted by molar-refractivity contribution is 0.199. The van der Waals surface area contributed by atoms with Crippen LogP contribution in [0.25, 0.3) is 0 Å². The van der Waals surface area contributed by atoms with Gasteiger partial charge in [0.25, 0.3) is 0 Å². The molecule has 6 heteroatoms. The molecular weight excluding hydrogens is 266 g/mol. The van der Waals surface area contributed by atoms with Crippen molar-refractivity contribution in [2.75, 3.05) is 6.54 Å². The van der Waals surface area contributed by atoms with E-state index < -0.39 is 0 Å². The van der Waals surface area contributed by atoms with Crippen LogP contribution in [0.5, 0.6) is 0 Å². The van der Waals surface area contributed by atoms with Gasteiger partial charge in [-0.25, -0.2) is 0 Å². The summed E-state index contributed by atoms with van der Waals surface area (Å²) in [5.41, 5.74) is 1.20. The topological polar surface area (TPSA) is 68.8 Å². The quantitative estimate of drug-likeness (QED) is 0.928. The maximum absolute atomic E-state index is 5.66. The van der Waals surface area contributed by atoms with Gasteiger partial charge in [0.15, 0.2) is 5.82 Å². The molecule has 6 nitrogen and oxygen atoms in total. The van der Waals surface area contributed by atoms with Crippen LogP contribution in [0.3, 0.4) is 0 Å². The summed E-state index contributed by atoms with van der Waals surface area (Å²) in [4.78, 5) is 4.72. The molecule has 0 spiro atoms. The van der Waals surface area contributed by atoms with Gasteiger partial charge in [-0.2, -0.15) is 10.1 Å². The first-order chi connectivity index (χ1) is 10.3. The molecule has 1 N–H and O–H groups in total. The number of rotatable bonds is 3. The van der Waals surface area contributed by atoms with E-state index >= 15 is 0 Å². The van der Waals surface area contributed by atoms with Crippen molar-refractivity contribution in [3.63, 3.8) is 0 Å². The molecule has 2 aromatic rings. The van der Waals surface area contributed by atoms with Crippen LogP contribution in [-0.4, -0.2) is 32.5 Å². The minimum atomic E-state index is 0.0818. The Morgan fingerprint density at radius 2 is 2.38 bits per heavy atom. The number of nitrogens with zero attached hydrogens (tertiary/aromatic N) is 4. The first kappa shape index (κ1) is 13.0. The summed E-state index contributed by atoms with van der Waals surface area (Å²) in [6, 6.07) is 0.512. The molecule has 2 fully saturated rings. The maximum atomic E-state index is 5.66. The fourth-order valence-corrected chi connectivity index (χ4v) is 3.94. The van der Waals surface area contributed by atoms with Crippen molar-refractivity contribution in [3.8, 4) is 0 Å². The number of hydrogen-bond donors (Lipinski definition) is 1. The van der Waals surface area contributed by atoms with Crippen molar-refractivity contribution in [1.29, 1.82) is 0 Å². The number of aryl methyl sites for hydroxylation is 1. The third-order valence-electron chi connectivity index (χ3n) is 5.01. The first-order valence-electron chi connectivity index (χ1n) is 7.80. The standard InChI is InChI=1S/C15H21N5O/c1-20-10-11(9-17-20)8-13-18-14(21-19-13)15-5-3-2-4-12(15)16-7-6-15/h9-10,12,16H,2-8H2,1H3/t12-,15+/m0/s1. The zero-order chi connectivity index (χ0) is 14.3. The van der Waals surface area contributed by atoms with Crippen LogP contribution in [0, 0.1) is 0 Å². The minimum absolute atomic E-state index is 0.0818. The van der Waals surface area contributed by atoms with Crippen molar-refractivity contribution in [2.45, 2.75) is 50.0 Å². The van der Waals surface area contributed by atoms with Crippen LogP contribution < -0.4 is 5.32 Å². The fourth-order valence-electron chi connectivity index (χ4n) is 3.94. The van der Waals surface area contributed by atoms with Gasteiger partial charge in [-0.3, -0.25) is 4.68 Å². The van der Waals surface area contributed by atoms with Crippen molar-refractivity contribution >= 4 is 0 Å². The summed E-state index contributed by atoms with van der Waals surface area (Å²) in [6.07, 6.45) is 10.6. The van der Waals surface area contributed by atoms with E-state index in [-0.39, 0.29) is 5.41 Å². The lowest BCUT2D eigenvalue weighted by atomic mass is 9.70. The van der Waals surface area contributed by atoms with Gasteiger partial charge in [-0.05, 0) is 31.4 Å². The van der Waals surface area contributed by atoms with Gasteiger partial charge >= 0.3 is 0 Å². The summed E-state index contributed by atoms with van der Waals surface area (Å²) in [5, 5.41) is 12.0. The molecule has 2 atom stereocenters. The van der Waals surface area contributed by atoms with Crippen LogP contribution in [0.4, 0.5) is 0 Å². The van der Waals surface area contributed by atoms with Crippen molar-refractivity contribution < 1.29 is 4.52 Å². The largest absolute Gasteiger partial charge is 0.339 e. The number of nitrogens with one attached hydrogen (secondary N) is 1. The van der Waals surface area contributed by atoms with Gasteiger partial charge in [0.05, 0.1) is 11.6 Å². The molecule has 2 aliphatic rings. The molecule has 1 aliphatic heterocycles. The smallest absolute Gasteiger partial charge is 0.234 e. The van der Waals surface area contributed by atoms with E-state index in [1.807, 2.05) is 19.4 Å². The average molecular weight is 287 g/mol. The lowest BCUT2D eigenvalue weighted by Crippen LogP contribution is -2.43. The predicted octanol–water partition coefficient (Wildman–Crippen LogP) is 1.57. The van der Waals surface area contributed by atoms with Crippen LogP contribution in [0.1, 0.15) is 49.4 Å². The molecule has 4 rings (SSSR count). The highest BCUT2D eigenvalue weighted by Gasteiger charge is 2.49. The molecule has 0 aromatic carbocycles. The molecule has 1 aliphatic carbocycles. The fraction of sp³-hybridized carbons (Fsp3) is 0.667. The third kappa shape index (κ3) is 2.18. The van der Waals surface area contributed by atoms with Crippen molar-refractivity contribution in [3.05, 3.63) is 29.7 Å². The molecule has 3 heterocycles. The molecule has 1 saturated carbocycles. The highest BCUT2D eigenvalue weighted by molar-refractivity contribution is 5.18. The summed E-state index contributed by atoms with van der Waals surface area (Å²) < 4.78 is 7.46. The molecule has 21 heavy (non-hydrogen) atoms. The Bertz CT molecular complexity index is 634. The van der Waals surface area contributed by atoms with Gasteiger partial charge in [0, 0.05) is 25.7 Å². The van der Waals surface area contributed by atoms with E-state index in [0.29, 0.717) is 12.5 Å². The van der Waals surface area contributed by atoms with E-state index in [4.69, 9.17) is 9.51 Å². The first-order valence-corrected chi connectivity index (χ1v) is 7.80. The Balaban J connectivity index is 1.58. The van der Waals surface area contributed by atoms with Crippen LogP contribution >= 0.6 is 0 Å². The normalized spacial score (nSPS) is 28.7. The summed E-state index contributed by atoms with van der Waals surface area (Å²) in [5.74, 6) is 1.61. The van der Waals surface area contributed by atoms with E-state index in [9.17, 15) is 0 Å². The van der Waals surface area contributed by atoms with Crippen molar-refractivity contribution in [1.82, 2.24) is 25.2 Å². The van der Waals surface area contributed by atoms with Gasteiger partial charge in [-0.1, -0.05) is 18.0 Å². The molecule has 112 valence electrons. The van der Waals surface area contributed by atoms with Crippen LogP contribution in [0.2, 0.25) is 0 Å². The SMILES string of the molecule is Cn1cc(Cc2noc([C@@]34CCCC[C@@H]3NCC4)n2)cn1. The van der Waals surface area contributed by atoms with Crippen molar-refractivity contribution in [2.24, 2.45) is 7.05 Å².